The normalized spacial score (nSPS) is 14.8. The topological polar surface area (TPSA) is 46.5 Å². The minimum Gasteiger partial charge on any atom is -0.461 e. The van der Waals surface area contributed by atoms with Crippen LogP contribution >= 0.6 is 15.9 Å². The van der Waals surface area contributed by atoms with Gasteiger partial charge >= 0.3 is 11.9 Å². The van der Waals surface area contributed by atoms with Crippen LogP contribution in [-0.2, 0) is 15.1 Å². The van der Waals surface area contributed by atoms with Gasteiger partial charge in [-0.1, -0.05) is 35.0 Å². The van der Waals surface area contributed by atoms with E-state index in [-0.39, 0.29) is 18.6 Å². The highest BCUT2D eigenvalue weighted by molar-refractivity contribution is 9.10. The summed E-state index contributed by atoms with van der Waals surface area (Å²) in [5.41, 5.74) is -2.63. The molecule has 1 aromatic carbocycles. The molecule has 0 amide bonds. The zero-order valence-electron chi connectivity index (χ0n) is 10.6. The molecule has 0 aromatic heterocycles. The van der Waals surface area contributed by atoms with E-state index >= 15 is 0 Å². The number of benzene rings is 1. The third-order valence-electron chi connectivity index (χ3n) is 2.87. The predicted octanol–water partition coefficient (Wildman–Crippen LogP) is 3.25. The van der Waals surface area contributed by atoms with E-state index in [0.29, 0.717) is 4.47 Å². The van der Waals surface area contributed by atoms with Crippen molar-refractivity contribution in [2.75, 3.05) is 6.61 Å². The molecule has 1 aromatic rings. The van der Waals surface area contributed by atoms with E-state index in [9.17, 15) is 18.7 Å². The molecule has 0 saturated carbocycles. The number of carbonyl (C=O) groups is 1. The lowest BCUT2D eigenvalue weighted by Crippen LogP contribution is -2.51. The number of esters is 1. The fourth-order valence-electron chi connectivity index (χ4n) is 1.74. The Bertz CT molecular complexity index is 465. The molecule has 1 atom stereocenters. The van der Waals surface area contributed by atoms with E-state index in [1.165, 1.54) is 32.0 Å². The van der Waals surface area contributed by atoms with Crippen molar-refractivity contribution < 1.29 is 23.4 Å². The molecule has 0 aliphatic carbocycles. The maximum atomic E-state index is 14.1. The van der Waals surface area contributed by atoms with Crippen LogP contribution in [0.3, 0.4) is 0 Å². The zero-order chi connectivity index (χ0) is 14.7. The number of hydrogen-bond donors (Lipinski definition) is 1. The Morgan fingerprint density at radius 2 is 2.05 bits per heavy atom. The number of ether oxygens (including phenoxy) is 1. The second kappa shape index (κ2) is 5.96. The van der Waals surface area contributed by atoms with Gasteiger partial charge in [0, 0.05) is 4.47 Å². The van der Waals surface area contributed by atoms with Gasteiger partial charge in [-0.05, 0) is 31.0 Å². The van der Waals surface area contributed by atoms with E-state index in [0.717, 1.165) is 0 Å². The van der Waals surface area contributed by atoms with Crippen LogP contribution in [0.2, 0.25) is 0 Å². The van der Waals surface area contributed by atoms with Crippen LogP contribution < -0.4 is 0 Å². The molecule has 0 bridgehead atoms. The lowest BCUT2D eigenvalue weighted by Gasteiger charge is -2.33. The minimum absolute atomic E-state index is 0.0394. The van der Waals surface area contributed by atoms with Crippen LogP contribution in [0, 0.1) is 0 Å². The molecule has 6 heteroatoms. The summed E-state index contributed by atoms with van der Waals surface area (Å²) >= 11 is 3.15. The second-order valence-electron chi connectivity index (χ2n) is 4.02. The summed E-state index contributed by atoms with van der Waals surface area (Å²) in [6.45, 7) is 2.64. The van der Waals surface area contributed by atoms with Crippen LogP contribution in [-0.4, -0.2) is 23.6 Å². The first-order valence-corrected chi connectivity index (χ1v) is 6.62. The average Bonchev–Trinajstić information content (AvgIpc) is 2.37. The molecule has 0 aliphatic heterocycles. The third kappa shape index (κ3) is 2.95. The molecular formula is C13H15BrF2O3. The lowest BCUT2D eigenvalue weighted by atomic mass is 9.85. The number of halogens is 3. The summed E-state index contributed by atoms with van der Waals surface area (Å²) in [5.74, 6) is -5.74. The van der Waals surface area contributed by atoms with Gasteiger partial charge in [0.1, 0.15) is 0 Å². The number of aliphatic hydroxyl groups is 1. The van der Waals surface area contributed by atoms with Gasteiger partial charge in [0.15, 0.2) is 5.60 Å². The van der Waals surface area contributed by atoms with E-state index in [4.69, 9.17) is 0 Å². The monoisotopic (exact) mass is 336 g/mol. The molecule has 0 aliphatic rings. The van der Waals surface area contributed by atoms with Gasteiger partial charge in [0.05, 0.1) is 6.61 Å². The molecule has 19 heavy (non-hydrogen) atoms. The predicted molar refractivity (Wildman–Crippen MR) is 69.9 cm³/mol. The molecule has 106 valence electrons. The van der Waals surface area contributed by atoms with Crippen LogP contribution in [0.4, 0.5) is 8.78 Å². The molecule has 0 fully saturated rings. The summed E-state index contributed by atoms with van der Waals surface area (Å²) in [7, 11) is 0. The standard InChI is InChI=1S/C13H15BrF2O3/c1-3-12(18,9-6-5-7-10(14)8-9)13(15,16)11(17)19-4-2/h5-8,18H,3-4H2,1-2H3. The van der Waals surface area contributed by atoms with Crippen molar-refractivity contribution in [1.29, 1.82) is 0 Å². The van der Waals surface area contributed by atoms with Gasteiger partial charge in [-0.2, -0.15) is 8.78 Å². The maximum Gasteiger partial charge on any atom is 0.380 e. The average molecular weight is 337 g/mol. The summed E-state index contributed by atoms with van der Waals surface area (Å²) in [5, 5.41) is 10.3. The van der Waals surface area contributed by atoms with Crippen molar-refractivity contribution in [3.63, 3.8) is 0 Å². The first-order valence-electron chi connectivity index (χ1n) is 5.83. The fraction of sp³-hybridized carbons (Fsp3) is 0.462. The van der Waals surface area contributed by atoms with Crippen LogP contribution in [0.25, 0.3) is 0 Å². The molecule has 1 unspecified atom stereocenters. The molecule has 1 N–H and O–H groups in total. The van der Waals surface area contributed by atoms with Crippen molar-refractivity contribution in [2.45, 2.75) is 31.8 Å². The van der Waals surface area contributed by atoms with E-state index < -0.39 is 17.5 Å². The highest BCUT2D eigenvalue weighted by Gasteiger charge is 2.59. The number of rotatable bonds is 5. The van der Waals surface area contributed by atoms with Gasteiger partial charge in [-0.15, -0.1) is 0 Å². The van der Waals surface area contributed by atoms with E-state index in [2.05, 4.69) is 20.7 Å². The number of alkyl halides is 2. The zero-order valence-corrected chi connectivity index (χ0v) is 12.2. The van der Waals surface area contributed by atoms with Gasteiger partial charge < -0.3 is 9.84 Å². The Morgan fingerprint density at radius 3 is 2.53 bits per heavy atom. The number of carbonyl (C=O) groups excluding carboxylic acids is 1. The first-order chi connectivity index (χ1) is 8.79. The Balaban J connectivity index is 3.26. The van der Waals surface area contributed by atoms with Gasteiger partial charge in [0.2, 0.25) is 0 Å². The van der Waals surface area contributed by atoms with Crippen molar-refractivity contribution >= 4 is 21.9 Å². The second-order valence-corrected chi connectivity index (χ2v) is 4.93. The van der Waals surface area contributed by atoms with Crippen LogP contribution in [0.15, 0.2) is 28.7 Å². The SMILES string of the molecule is CCOC(=O)C(F)(F)C(O)(CC)c1cccc(Br)c1. The maximum absolute atomic E-state index is 14.1. The molecular weight excluding hydrogens is 322 g/mol. The highest BCUT2D eigenvalue weighted by atomic mass is 79.9. The minimum atomic E-state index is -4.02. The largest absolute Gasteiger partial charge is 0.461 e. The lowest BCUT2D eigenvalue weighted by molar-refractivity contribution is -0.218. The Hall–Kier alpha value is -1.01. The molecule has 0 saturated heterocycles. The Kier molecular flexibility index (Phi) is 5.04. The quantitative estimate of drug-likeness (QED) is 0.839. The summed E-state index contributed by atoms with van der Waals surface area (Å²) < 4.78 is 33.1. The summed E-state index contributed by atoms with van der Waals surface area (Å²) in [6.07, 6.45) is -0.324. The Labute approximate surface area is 118 Å². The van der Waals surface area contributed by atoms with Crippen LogP contribution in [0.5, 0.6) is 0 Å². The number of hydrogen-bond acceptors (Lipinski definition) is 3. The molecule has 1 rings (SSSR count). The first kappa shape index (κ1) is 16.0. The van der Waals surface area contributed by atoms with Crippen molar-refractivity contribution in [1.82, 2.24) is 0 Å². The third-order valence-corrected chi connectivity index (χ3v) is 3.36. The van der Waals surface area contributed by atoms with Crippen molar-refractivity contribution in [3.8, 4) is 0 Å². The highest BCUT2D eigenvalue weighted by Crippen LogP contribution is 2.41. The van der Waals surface area contributed by atoms with Gasteiger partial charge in [0.25, 0.3) is 0 Å². The van der Waals surface area contributed by atoms with E-state index in [1.54, 1.807) is 6.07 Å². The molecule has 0 heterocycles. The molecule has 0 spiro atoms. The summed E-state index contributed by atoms with van der Waals surface area (Å²) in [4.78, 5) is 11.4. The van der Waals surface area contributed by atoms with Gasteiger partial charge in [-0.3, -0.25) is 0 Å². The van der Waals surface area contributed by atoms with E-state index in [1.807, 2.05) is 0 Å². The molecule has 0 radical (unpaired) electrons. The van der Waals surface area contributed by atoms with Crippen molar-refractivity contribution in [2.24, 2.45) is 0 Å². The smallest absolute Gasteiger partial charge is 0.380 e. The molecule has 3 nitrogen and oxygen atoms in total. The Morgan fingerprint density at radius 1 is 1.42 bits per heavy atom. The van der Waals surface area contributed by atoms with Crippen LogP contribution in [0.1, 0.15) is 25.8 Å². The van der Waals surface area contributed by atoms with Crippen molar-refractivity contribution in [3.05, 3.63) is 34.3 Å². The van der Waals surface area contributed by atoms with Gasteiger partial charge in [-0.25, -0.2) is 4.79 Å². The fourth-order valence-corrected chi connectivity index (χ4v) is 2.14. The summed E-state index contributed by atoms with van der Waals surface area (Å²) in [6, 6.07) is 5.86.